The maximum Gasteiger partial charge on any atom is 0.321 e. The van der Waals surface area contributed by atoms with E-state index in [1.165, 1.54) is 6.07 Å². The number of ether oxygens (including phenoxy) is 1. The fourth-order valence-corrected chi connectivity index (χ4v) is 2.82. The van der Waals surface area contributed by atoms with Gasteiger partial charge in [0.15, 0.2) is 15.6 Å². The van der Waals surface area contributed by atoms with Gasteiger partial charge in [-0.15, -0.1) is 35.7 Å². The van der Waals surface area contributed by atoms with Gasteiger partial charge in [0.05, 0.1) is 12.0 Å². The Bertz CT molecular complexity index is 586. The quantitative estimate of drug-likeness (QED) is 0.445. The fraction of sp³-hybridized carbons (Fsp3) is 0.222. The van der Waals surface area contributed by atoms with Gasteiger partial charge in [-0.05, 0) is 32.2 Å². The van der Waals surface area contributed by atoms with E-state index < -0.39 is 27.4 Å². The zero-order chi connectivity index (χ0) is 17.5. The lowest BCUT2D eigenvalue weighted by atomic mass is 10.3. The zero-order valence-electron chi connectivity index (χ0n) is 11.4. The van der Waals surface area contributed by atoms with E-state index >= 15 is 0 Å². The number of carbonyl (C=O) groups excluding carboxylic acids is 1. The minimum Gasteiger partial charge on any atom is -0.468 e. The van der Waals surface area contributed by atoms with Crippen molar-refractivity contribution in [3.63, 3.8) is 0 Å². The molecule has 1 aromatic carbocycles. The molecular weight excluding hydrogens is 489 g/mol. The summed E-state index contributed by atoms with van der Waals surface area (Å²) in [6, 6.07) is 3.20. The summed E-state index contributed by atoms with van der Waals surface area (Å²) in [6.45, 7) is 0.329. The standard InChI is InChI=1S/C9H8BrFO4S.H8P6/c1-15-9(12)5-16(13,14)8-3-6(10)2-7(11)4-8;1-5(2)6(3)4/h2-4H,5H2,1H3;1-4H2. The summed E-state index contributed by atoms with van der Waals surface area (Å²) in [6.07, 6.45) is 0. The number of sulfone groups is 1. The number of rotatable bonds is 4. The first kappa shape index (κ1) is 23.6. The van der Waals surface area contributed by atoms with Crippen molar-refractivity contribution in [2.24, 2.45) is 0 Å². The molecule has 13 heteroatoms. The van der Waals surface area contributed by atoms with Gasteiger partial charge in [-0.2, -0.15) is 0 Å². The molecule has 4 unspecified atom stereocenters. The summed E-state index contributed by atoms with van der Waals surface area (Å²) in [5.41, 5.74) is 0. The molecule has 0 spiro atoms. The molecule has 0 aliphatic heterocycles. The van der Waals surface area contributed by atoms with Crippen LogP contribution in [0.5, 0.6) is 0 Å². The Hall–Kier alpha value is 1.63. The highest BCUT2D eigenvalue weighted by molar-refractivity contribution is 9.10. The summed E-state index contributed by atoms with van der Waals surface area (Å²) >= 11 is 2.97. The third-order valence-electron chi connectivity index (χ3n) is 2.00. The van der Waals surface area contributed by atoms with Crippen LogP contribution in [-0.2, 0) is 19.4 Å². The van der Waals surface area contributed by atoms with Crippen LogP contribution in [0.2, 0.25) is 0 Å². The van der Waals surface area contributed by atoms with E-state index in [9.17, 15) is 17.6 Å². The summed E-state index contributed by atoms with van der Waals surface area (Å²) in [5.74, 6) is -2.39. The van der Waals surface area contributed by atoms with Gasteiger partial charge in [-0.1, -0.05) is 15.9 Å². The lowest BCUT2D eigenvalue weighted by Gasteiger charge is -2.06. The van der Waals surface area contributed by atoms with Crippen molar-refractivity contribution in [2.75, 3.05) is 12.9 Å². The Morgan fingerprint density at radius 1 is 1.23 bits per heavy atom. The lowest BCUT2D eigenvalue weighted by molar-refractivity contribution is -0.137. The van der Waals surface area contributed by atoms with Crippen LogP contribution < -0.4 is 0 Å². The molecule has 0 amide bonds. The molecule has 0 aromatic heterocycles. The van der Waals surface area contributed by atoms with Gasteiger partial charge in [0, 0.05) is 4.47 Å². The van der Waals surface area contributed by atoms with E-state index in [-0.39, 0.29) is 23.3 Å². The van der Waals surface area contributed by atoms with Crippen molar-refractivity contribution in [3.05, 3.63) is 28.5 Å². The van der Waals surface area contributed by atoms with E-state index in [1.54, 1.807) is 0 Å². The summed E-state index contributed by atoms with van der Waals surface area (Å²) < 4.78 is 40.7. The van der Waals surface area contributed by atoms with Gasteiger partial charge in [0.2, 0.25) is 0 Å². The average molecular weight is 505 g/mol. The van der Waals surface area contributed by atoms with Crippen LogP contribution in [0.1, 0.15) is 0 Å². The number of methoxy groups -OCH3 is 1. The second-order valence-electron chi connectivity index (χ2n) is 3.70. The van der Waals surface area contributed by atoms with Crippen LogP contribution >= 0.6 is 65.6 Å². The van der Waals surface area contributed by atoms with Gasteiger partial charge >= 0.3 is 5.97 Å². The number of hydrogen-bond donors (Lipinski definition) is 0. The van der Waals surface area contributed by atoms with Crippen molar-refractivity contribution >= 4 is 81.4 Å². The molecular formula is C9H16BrFO4P6S. The Labute approximate surface area is 149 Å². The first-order valence-electron chi connectivity index (χ1n) is 5.34. The van der Waals surface area contributed by atoms with Crippen molar-refractivity contribution in [2.45, 2.75) is 4.90 Å². The molecule has 4 nitrogen and oxygen atoms in total. The third kappa shape index (κ3) is 9.81. The highest BCUT2D eigenvalue weighted by Gasteiger charge is 2.20. The Kier molecular flexibility index (Phi) is 12.1. The van der Waals surface area contributed by atoms with E-state index in [4.69, 9.17) is 0 Å². The molecule has 0 saturated heterocycles. The smallest absolute Gasteiger partial charge is 0.321 e. The number of hydrogen-bond acceptors (Lipinski definition) is 4. The molecule has 22 heavy (non-hydrogen) atoms. The molecule has 4 atom stereocenters. The van der Waals surface area contributed by atoms with Gasteiger partial charge < -0.3 is 4.74 Å². The van der Waals surface area contributed by atoms with Crippen LogP contribution in [0.4, 0.5) is 4.39 Å². The number of esters is 1. The van der Waals surface area contributed by atoms with Crippen LogP contribution in [0, 0.1) is 5.82 Å². The van der Waals surface area contributed by atoms with Crippen molar-refractivity contribution in [1.82, 2.24) is 0 Å². The largest absolute Gasteiger partial charge is 0.468 e. The summed E-state index contributed by atoms with van der Waals surface area (Å²) in [5, 5.41) is 0. The third-order valence-corrected chi connectivity index (χ3v) is 25.4. The highest BCUT2D eigenvalue weighted by Crippen LogP contribution is 2.86. The van der Waals surface area contributed by atoms with Crippen molar-refractivity contribution < 1.29 is 22.3 Å². The topological polar surface area (TPSA) is 60.4 Å². The fourth-order valence-electron chi connectivity index (χ4n) is 1.01. The van der Waals surface area contributed by atoms with E-state index in [0.29, 0.717) is 0 Å². The second kappa shape index (κ2) is 11.3. The molecule has 1 rings (SSSR count). The molecule has 0 heterocycles. The Morgan fingerprint density at radius 3 is 2.09 bits per heavy atom. The minimum atomic E-state index is -3.86. The summed E-state index contributed by atoms with van der Waals surface area (Å²) in [4.78, 5) is 10.6. The molecule has 0 N–H and O–H groups in total. The normalized spacial score (nSPS) is 11.1. The van der Waals surface area contributed by atoms with Crippen LogP contribution in [0.15, 0.2) is 27.6 Å². The van der Waals surface area contributed by atoms with Crippen molar-refractivity contribution in [1.29, 1.82) is 0 Å². The van der Waals surface area contributed by atoms with Gasteiger partial charge in [-0.3, -0.25) is 4.79 Å². The Morgan fingerprint density at radius 2 is 1.73 bits per heavy atom. The van der Waals surface area contributed by atoms with Crippen LogP contribution in [0.25, 0.3) is 0 Å². The maximum absolute atomic E-state index is 13.0. The molecule has 1 aromatic rings. The molecule has 0 fully saturated rings. The monoisotopic (exact) mass is 504 g/mol. The molecule has 0 saturated carbocycles. The molecule has 0 aliphatic rings. The first-order valence-corrected chi connectivity index (χ1v) is 17.6. The first-order chi connectivity index (χ1) is 9.99. The highest BCUT2D eigenvalue weighted by atomic mass is 79.9. The number of halogens is 2. The lowest BCUT2D eigenvalue weighted by Crippen LogP contribution is -2.17. The molecule has 0 radical (unpaired) electrons. The van der Waals surface area contributed by atoms with Gasteiger partial charge in [-0.25, -0.2) is 12.8 Å². The van der Waals surface area contributed by atoms with Gasteiger partial charge in [0.25, 0.3) is 0 Å². The molecule has 0 bridgehead atoms. The minimum absolute atomic E-state index is 0.165. The number of carbonyl (C=O) groups is 1. The average Bonchev–Trinajstić information content (AvgIpc) is 2.37. The Balaban J connectivity index is 0.000000626. The van der Waals surface area contributed by atoms with E-state index in [0.717, 1.165) is 19.2 Å². The predicted octanol–water partition coefficient (Wildman–Crippen LogP) is 4.56. The number of benzene rings is 1. The predicted molar refractivity (Wildman–Crippen MR) is 111 cm³/mol. The SMILES string of the molecule is COC(=O)CS(=O)(=O)c1cc(F)cc(Br)c1.PP(P)P(P)P. The van der Waals surface area contributed by atoms with Crippen molar-refractivity contribution in [3.8, 4) is 0 Å². The molecule has 0 aliphatic carbocycles. The van der Waals surface area contributed by atoms with E-state index in [2.05, 4.69) is 56.4 Å². The molecule has 126 valence electrons. The van der Waals surface area contributed by atoms with Gasteiger partial charge in [0.1, 0.15) is 5.82 Å². The second-order valence-corrected chi connectivity index (χ2v) is 26.4. The van der Waals surface area contributed by atoms with Crippen LogP contribution in [0.3, 0.4) is 0 Å². The maximum atomic E-state index is 13.0. The zero-order valence-corrected chi connectivity index (χ0v) is 20.3. The summed E-state index contributed by atoms with van der Waals surface area (Å²) in [7, 11) is 8.37. The van der Waals surface area contributed by atoms with E-state index in [1.807, 2.05) is 0 Å². The van der Waals surface area contributed by atoms with Crippen LogP contribution in [-0.4, -0.2) is 27.2 Å².